The van der Waals surface area contributed by atoms with Crippen molar-refractivity contribution in [2.75, 3.05) is 6.54 Å². The van der Waals surface area contributed by atoms with Gasteiger partial charge >= 0.3 is 12.0 Å². The van der Waals surface area contributed by atoms with Crippen LogP contribution in [0.1, 0.15) is 48.5 Å². The second-order valence-corrected chi connectivity index (χ2v) is 5.90. The Morgan fingerprint density at radius 1 is 1.40 bits per heavy atom. The molecule has 0 aliphatic rings. The molecule has 112 valence electrons. The van der Waals surface area contributed by atoms with Crippen molar-refractivity contribution in [1.82, 2.24) is 15.6 Å². The molecule has 1 unspecified atom stereocenters. The van der Waals surface area contributed by atoms with Crippen LogP contribution in [-0.4, -0.2) is 28.6 Å². The lowest BCUT2D eigenvalue weighted by Gasteiger charge is -2.12. The van der Waals surface area contributed by atoms with Crippen LogP contribution in [0.2, 0.25) is 0 Å². The standard InChI is InChI=1S/C13H21N3O3S/c1-9-8-15-12(20-9)10(2)16-13(19)14-7-5-3-4-6-11(17)18/h8,10H,3-7H2,1-2H3,(H,17,18)(H2,14,16,19). The summed E-state index contributed by atoms with van der Waals surface area (Å²) in [5, 5.41) is 15.0. The highest BCUT2D eigenvalue weighted by Crippen LogP contribution is 2.18. The van der Waals surface area contributed by atoms with Crippen molar-refractivity contribution in [3.05, 3.63) is 16.1 Å². The van der Waals surface area contributed by atoms with E-state index >= 15 is 0 Å². The average Bonchev–Trinajstić information content (AvgIpc) is 2.80. The molecule has 0 saturated carbocycles. The summed E-state index contributed by atoms with van der Waals surface area (Å²) in [5.41, 5.74) is 0. The first-order valence-corrected chi connectivity index (χ1v) is 7.49. The van der Waals surface area contributed by atoms with E-state index in [2.05, 4.69) is 15.6 Å². The van der Waals surface area contributed by atoms with Crippen molar-refractivity contribution >= 4 is 23.3 Å². The number of thiazole rings is 1. The third-order valence-corrected chi connectivity index (χ3v) is 3.81. The summed E-state index contributed by atoms with van der Waals surface area (Å²) in [5.74, 6) is -0.775. The quantitative estimate of drug-likeness (QED) is 0.643. The van der Waals surface area contributed by atoms with Gasteiger partial charge in [0.1, 0.15) is 5.01 Å². The van der Waals surface area contributed by atoms with E-state index in [9.17, 15) is 9.59 Å². The minimum absolute atomic E-state index is 0.110. The van der Waals surface area contributed by atoms with E-state index in [0.29, 0.717) is 13.0 Å². The smallest absolute Gasteiger partial charge is 0.315 e. The highest BCUT2D eigenvalue weighted by molar-refractivity contribution is 7.11. The van der Waals surface area contributed by atoms with E-state index in [0.717, 1.165) is 22.7 Å². The third kappa shape index (κ3) is 6.51. The molecule has 1 atom stereocenters. The molecule has 0 radical (unpaired) electrons. The van der Waals surface area contributed by atoms with Crippen LogP contribution >= 0.6 is 11.3 Å². The lowest BCUT2D eigenvalue weighted by atomic mass is 10.2. The number of carbonyl (C=O) groups excluding carboxylic acids is 1. The lowest BCUT2D eigenvalue weighted by Crippen LogP contribution is -2.37. The van der Waals surface area contributed by atoms with Crippen LogP contribution in [0.3, 0.4) is 0 Å². The second kappa shape index (κ2) is 8.52. The van der Waals surface area contributed by atoms with Crippen molar-refractivity contribution in [3.63, 3.8) is 0 Å². The first-order valence-electron chi connectivity index (χ1n) is 6.67. The number of carbonyl (C=O) groups is 2. The maximum atomic E-state index is 11.6. The van der Waals surface area contributed by atoms with Crippen molar-refractivity contribution in [2.24, 2.45) is 0 Å². The Hall–Kier alpha value is -1.63. The topological polar surface area (TPSA) is 91.3 Å². The van der Waals surface area contributed by atoms with Gasteiger partial charge < -0.3 is 15.7 Å². The Bertz CT molecular complexity index is 448. The molecule has 0 spiro atoms. The number of carboxylic acids is 1. The van der Waals surface area contributed by atoms with Gasteiger partial charge in [-0.2, -0.15) is 0 Å². The first kappa shape index (κ1) is 16.4. The zero-order valence-electron chi connectivity index (χ0n) is 11.8. The zero-order valence-corrected chi connectivity index (χ0v) is 12.6. The Balaban J connectivity index is 2.12. The summed E-state index contributed by atoms with van der Waals surface area (Å²) in [4.78, 5) is 27.3. The first-order chi connectivity index (χ1) is 9.49. The van der Waals surface area contributed by atoms with E-state index in [1.807, 2.05) is 13.8 Å². The number of unbranched alkanes of at least 4 members (excludes halogenated alkanes) is 2. The monoisotopic (exact) mass is 299 g/mol. The Kier molecular flexibility index (Phi) is 7.00. The van der Waals surface area contributed by atoms with Gasteiger partial charge in [-0.05, 0) is 26.7 Å². The molecule has 0 aromatic carbocycles. The molecule has 0 bridgehead atoms. The molecule has 0 aliphatic heterocycles. The molecule has 0 fully saturated rings. The molecule has 7 heteroatoms. The van der Waals surface area contributed by atoms with Crippen LogP contribution in [0.15, 0.2) is 6.20 Å². The van der Waals surface area contributed by atoms with E-state index in [4.69, 9.17) is 5.11 Å². The van der Waals surface area contributed by atoms with Gasteiger partial charge in [-0.25, -0.2) is 9.78 Å². The van der Waals surface area contributed by atoms with Gasteiger partial charge in [-0.1, -0.05) is 6.42 Å². The van der Waals surface area contributed by atoms with Crippen molar-refractivity contribution in [2.45, 2.75) is 45.6 Å². The van der Waals surface area contributed by atoms with Gasteiger partial charge in [0.25, 0.3) is 0 Å². The number of amides is 2. The Labute approximate surface area is 122 Å². The van der Waals surface area contributed by atoms with Crippen LogP contribution in [0.5, 0.6) is 0 Å². The number of rotatable bonds is 8. The fourth-order valence-electron chi connectivity index (χ4n) is 1.66. The Morgan fingerprint density at radius 2 is 2.15 bits per heavy atom. The fourth-order valence-corrected chi connectivity index (χ4v) is 2.44. The number of urea groups is 1. The summed E-state index contributed by atoms with van der Waals surface area (Å²) in [7, 11) is 0. The lowest BCUT2D eigenvalue weighted by molar-refractivity contribution is -0.137. The van der Waals surface area contributed by atoms with E-state index < -0.39 is 5.97 Å². The number of hydrogen-bond donors (Lipinski definition) is 3. The predicted molar refractivity (Wildman–Crippen MR) is 77.9 cm³/mol. The summed E-state index contributed by atoms with van der Waals surface area (Å²) in [6.45, 7) is 4.42. The van der Waals surface area contributed by atoms with Crippen LogP contribution in [0.4, 0.5) is 4.79 Å². The van der Waals surface area contributed by atoms with Crippen LogP contribution in [0, 0.1) is 6.92 Å². The molecule has 1 rings (SSSR count). The summed E-state index contributed by atoms with van der Waals surface area (Å²) < 4.78 is 0. The largest absolute Gasteiger partial charge is 0.481 e. The molecule has 1 aromatic heterocycles. The SMILES string of the molecule is Cc1cnc(C(C)NC(=O)NCCCCCC(=O)O)s1. The maximum Gasteiger partial charge on any atom is 0.315 e. The molecule has 2 amide bonds. The number of aromatic nitrogens is 1. The van der Waals surface area contributed by atoms with Gasteiger partial charge in [0.05, 0.1) is 6.04 Å². The Morgan fingerprint density at radius 3 is 2.75 bits per heavy atom. The van der Waals surface area contributed by atoms with Gasteiger partial charge in [-0.3, -0.25) is 4.79 Å². The van der Waals surface area contributed by atoms with Gasteiger partial charge in [0.2, 0.25) is 0 Å². The van der Waals surface area contributed by atoms with Crippen molar-refractivity contribution in [1.29, 1.82) is 0 Å². The molecule has 1 heterocycles. The van der Waals surface area contributed by atoms with Crippen LogP contribution in [0.25, 0.3) is 0 Å². The van der Waals surface area contributed by atoms with Crippen LogP contribution in [-0.2, 0) is 4.79 Å². The van der Waals surface area contributed by atoms with Gasteiger partial charge in [0.15, 0.2) is 0 Å². The van der Waals surface area contributed by atoms with Crippen LogP contribution < -0.4 is 10.6 Å². The highest BCUT2D eigenvalue weighted by atomic mass is 32.1. The fraction of sp³-hybridized carbons (Fsp3) is 0.615. The highest BCUT2D eigenvalue weighted by Gasteiger charge is 2.11. The molecular formula is C13H21N3O3S. The number of nitrogens with zero attached hydrogens (tertiary/aromatic N) is 1. The minimum atomic E-state index is -0.775. The average molecular weight is 299 g/mol. The van der Waals surface area contributed by atoms with E-state index in [1.54, 1.807) is 17.5 Å². The summed E-state index contributed by atoms with van der Waals surface area (Å²) >= 11 is 1.57. The third-order valence-electron chi connectivity index (χ3n) is 2.71. The molecular weight excluding hydrogens is 278 g/mol. The number of nitrogens with one attached hydrogen (secondary N) is 2. The number of aryl methyl sites for hydroxylation is 1. The molecule has 0 aliphatic carbocycles. The number of aliphatic carboxylic acids is 1. The van der Waals surface area contributed by atoms with E-state index in [1.165, 1.54) is 0 Å². The molecule has 1 aromatic rings. The molecule has 3 N–H and O–H groups in total. The second-order valence-electron chi connectivity index (χ2n) is 4.64. The van der Waals surface area contributed by atoms with E-state index in [-0.39, 0.29) is 18.5 Å². The molecule has 20 heavy (non-hydrogen) atoms. The van der Waals surface area contributed by atoms with Gasteiger partial charge in [0, 0.05) is 24.0 Å². The maximum absolute atomic E-state index is 11.6. The van der Waals surface area contributed by atoms with Crippen molar-refractivity contribution in [3.8, 4) is 0 Å². The van der Waals surface area contributed by atoms with Crippen molar-refractivity contribution < 1.29 is 14.7 Å². The zero-order chi connectivity index (χ0) is 15.0. The summed E-state index contributed by atoms with van der Waals surface area (Å²) in [6, 6.07) is -0.329. The number of carboxylic acid groups (broad SMARTS) is 1. The summed E-state index contributed by atoms with van der Waals surface area (Å²) in [6.07, 6.45) is 4.21. The predicted octanol–water partition coefficient (Wildman–Crippen LogP) is 2.46. The number of hydrogen-bond acceptors (Lipinski definition) is 4. The van der Waals surface area contributed by atoms with Gasteiger partial charge in [-0.15, -0.1) is 11.3 Å². The minimum Gasteiger partial charge on any atom is -0.481 e. The normalized spacial score (nSPS) is 11.9. The molecule has 0 saturated heterocycles. The molecule has 6 nitrogen and oxygen atoms in total.